The van der Waals surface area contributed by atoms with Gasteiger partial charge in [0.25, 0.3) is 0 Å². The minimum Gasteiger partial charge on any atom is -0.480 e. The predicted octanol–water partition coefficient (Wildman–Crippen LogP) is 2.30. The first-order valence-corrected chi connectivity index (χ1v) is 13.8. The van der Waals surface area contributed by atoms with Crippen LogP contribution in [0.5, 0.6) is 0 Å². The highest BCUT2D eigenvalue weighted by Gasteiger charge is 2.19. The first-order chi connectivity index (χ1) is 22.9. The lowest BCUT2D eigenvalue weighted by Crippen LogP contribution is -2.34. The maximum atomic E-state index is 11.9. The van der Waals surface area contributed by atoms with E-state index in [-0.39, 0.29) is 48.7 Å². The summed E-state index contributed by atoms with van der Waals surface area (Å²) in [7, 11) is 0. The van der Waals surface area contributed by atoms with E-state index >= 15 is 0 Å². The summed E-state index contributed by atoms with van der Waals surface area (Å²) in [6.45, 7) is 8.10. The largest absolute Gasteiger partial charge is 0.480 e. The van der Waals surface area contributed by atoms with Gasteiger partial charge in [-0.1, -0.05) is 13.2 Å². The minimum atomic E-state index is -1.48. The zero-order valence-corrected chi connectivity index (χ0v) is 26.3. The molecule has 0 aliphatic rings. The van der Waals surface area contributed by atoms with E-state index in [9.17, 15) is 38.4 Å². The van der Waals surface area contributed by atoms with Crippen molar-refractivity contribution < 1.29 is 77.7 Å². The Labute approximate surface area is 278 Å². The first-order valence-electron chi connectivity index (χ1n) is 13.8. The van der Waals surface area contributed by atoms with Crippen molar-refractivity contribution in [3.63, 3.8) is 0 Å². The summed E-state index contributed by atoms with van der Waals surface area (Å²) in [5, 5.41) is 35.5. The maximum Gasteiger partial charge on any atom is 0.338 e. The van der Waals surface area contributed by atoms with Crippen LogP contribution in [-0.2, 0) is 38.1 Å². The van der Waals surface area contributed by atoms with Crippen molar-refractivity contribution >= 4 is 53.4 Å². The third kappa shape index (κ3) is 14.6. The number of rotatable bonds is 17. The van der Waals surface area contributed by atoms with Gasteiger partial charge in [-0.05, 0) is 56.3 Å². The average molecular weight is 688 g/mol. The molecule has 2 aromatic rings. The average Bonchev–Trinajstić information content (AvgIpc) is 3.03. The number of esters is 4. The zero-order chi connectivity index (χ0) is 37.3. The molecule has 0 heterocycles. The van der Waals surface area contributed by atoms with Crippen molar-refractivity contribution in [1.29, 1.82) is 0 Å². The lowest BCUT2D eigenvalue weighted by molar-refractivity contribution is -0.140. The monoisotopic (exact) mass is 687 g/mol. The Kier molecular flexibility index (Phi) is 16.4. The Hall–Kier alpha value is -6.52. The molecule has 0 bridgehead atoms. The van der Waals surface area contributed by atoms with Gasteiger partial charge in [0.1, 0.15) is 39.5 Å². The van der Waals surface area contributed by atoms with Crippen molar-refractivity contribution in [2.75, 3.05) is 44.4 Å². The van der Waals surface area contributed by atoms with Crippen LogP contribution in [0.15, 0.2) is 66.8 Å². The first kappa shape index (κ1) is 40.5. The van der Waals surface area contributed by atoms with Crippen molar-refractivity contribution in [2.24, 2.45) is 0 Å². The van der Waals surface area contributed by atoms with E-state index in [0.29, 0.717) is 5.69 Å². The van der Waals surface area contributed by atoms with Crippen LogP contribution in [0.2, 0.25) is 0 Å². The molecule has 0 fully saturated rings. The van der Waals surface area contributed by atoms with E-state index in [2.05, 4.69) is 13.2 Å². The summed E-state index contributed by atoms with van der Waals surface area (Å²) in [6, 6.07) is 8.66. The van der Waals surface area contributed by atoms with E-state index in [1.807, 2.05) is 0 Å². The standard InChI is InChI=1S/C17H19NO8.C15H14O8/c1-11(2)16(23)25-7-8-26-17(24)12-3-5-13(6-4-12)18(9-14(19)20)10-15(21)22;1-8(2)14(20)22-5-6-23-15(21)9-3-4-10(12(16)17)11(7-9)13(18)19/h3-6H,1,7-10H2,2H3,(H,19,20)(H,21,22);3-4,7H,1,5-6H2,2H3,(H,16,17)(H,18,19). The smallest absolute Gasteiger partial charge is 0.338 e. The molecule has 2 rings (SSSR count). The van der Waals surface area contributed by atoms with Crippen molar-refractivity contribution in [3.05, 3.63) is 89.0 Å². The molecular formula is C32H33NO16. The number of benzene rings is 2. The van der Waals surface area contributed by atoms with Gasteiger partial charge >= 0.3 is 47.8 Å². The molecule has 2 aromatic carbocycles. The molecular weight excluding hydrogens is 654 g/mol. The van der Waals surface area contributed by atoms with Crippen molar-refractivity contribution in [3.8, 4) is 0 Å². The molecule has 0 unspecified atom stereocenters. The quantitative estimate of drug-likeness (QED) is 0.0805. The number of aromatic carboxylic acids is 2. The van der Waals surface area contributed by atoms with Gasteiger partial charge in [0, 0.05) is 16.8 Å². The van der Waals surface area contributed by atoms with Crippen molar-refractivity contribution in [1.82, 2.24) is 0 Å². The number of hydrogen-bond donors (Lipinski definition) is 4. The Bertz CT molecular complexity index is 1590. The molecule has 262 valence electrons. The highest BCUT2D eigenvalue weighted by Crippen LogP contribution is 2.16. The number of carboxylic acid groups (broad SMARTS) is 4. The summed E-state index contributed by atoms with van der Waals surface area (Å²) in [6.07, 6.45) is 0. The van der Waals surface area contributed by atoms with Crippen LogP contribution in [0, 0.1) is 0 Å². The number of carboxylic acids is 4. The summed E-state index contributed by atoms with van der Waals surface area (Å²) in [5.74, 6) is -8.00. The van der Waals surface area contributed by atoms with E-state index in [1.165, 1.54) is 38.1 Å². The lowest BCUT2D eigenvalue weighted by atomic mass is 10.0. The van der Waals surface area contributed by atoms with Crippen LogP contribution < -0.4 is 4.90 Å². The molecule has 49 heavy (non-hydrogen) atoms. The topological polar surface area (TPSA) is 258 Å². The number of hydrogen-bond acceptors (Lipinski definition) is 13. The fourth-order valence-corrected chi connectivity index (χ4v) is 3.36. The number of anilines is 1. The number of ether oxygens (including phenoxy) is 4. The summed E-state index contributed by atoms with van der Waals surface area (Å²) >= 11 is 0. The molecule has 0 aliphatic heterocycles. The van der Waals surface area contributed by atoms with Crippen LogP contribution in [-0.4, -0.2) is 108 Å². The lowest BCUT2D eigenvalue weighted by Gasteiger charge is -2.20. The van der Waals surface area contributed by atoms with E-state index in [0.717, 1.165) is 23.1 Å². The van der Waals surface area contributed by atoms with Crippen LogP contribution in [0.1, 0.15) is 55.3 Å². The fourth-order valence-electron chi connectivity index (χ4n) is 3.36. The van der Waals surface area contributed by atoms with E-state index in [4.69, 9.17) is 39.4 Å². The Morgan fingerprint density at radius 1 is 0.571 bits per heavy atom. The second kappa shape index (κ2) is 19.9. The van der Waals surface area contributed by atoms with E-state index in [1.54, 1.807) is 0 Å². The fraction of sp³-hybridized carbons (Fsp3) is 0.250. The van der Waals surface area contributed by atoms with Crippen LogP contribution in [0.25, 0.3) is 0 Å². The Morgan fingerprint density at radius 2 is 0.959 bits per heavy atom. The zero-order valence-electron chi connectivity index (χ0n) is 26.3. The van der Waals surface area contributed by atoms with Crippen molar-refractivity contribution in [2.45, 2.75) is 13.8 Å². The van der Waals surface area contributed by atoms with Gasteiger partial charge in [-0.2, -0.15) is 0 Å². The van der Waals surface area contributed by atoms with Gasteiger partial charge in [-0.25, -0.2) is 28.8 Å². The third-order valence-corrected chi connectivity index (χ3v) is 5.63. The molecule has 0 amide bonds. The van der Waals surface area contributed by atoms with Gasteiger partial charge in [0.2, 0.25) is 0 Å². The number of nitrogens with zero attached hydrogens (tertiary/aromatic N) is 1. The van der Waals surface area contributed by atoms with E-state index < -0.39 is 72.0 Å². The maximum absolute atomic E-state index is 11.9. The normalized spacial score (nSPS) is 9.84. The van der Waals surface area contributed by atoms with Gasteiger partial charge in [-0.3, -0.25) is 9.59 Å². The van der Waals surface area contributed by atoms with Crippen LogP contribution in [0.3, 0.4) is 0 Å². The number of aliphatic carboxylic acids is 2. The van der Waals surface area contributed by atoms with Gasteiger partial charge in [0.05, 0.1) is 22.3 Å². The molecule has 0 spiro atoms. The Morgan fingerprint density at radius 3 is 1.35 bits per heavy atom. The van der Waals surface area contributed by atoms with Crippen LogP contribution in [0.4, 0.5) is 5.69 Å². The highest BCUT2D eigenvalue weighted by atomic mass is 16.6. The van der Waals surface area contributed by atoms with Crippen LogP contribution >= 0.6 is 0 Å². The highest BCUT2D eigenvalue weighted by molar-refractivity contribution is 6.04. The predicted molar refractivity (Wildman–Crippen MR) is 166 cm³/mol. The second-order valence-electron chi connectivity index (χ2n) is 9.67. The molecule has 0 saturated carbocycles. The number of carbonyl (C=O) groups is 8. The summed E-state index contributed by atoms with van der Waals surface area (Å²) in [5.41, 5.74) is -0.137. The third-order valence-electron chi connectivity index (χ3n) is 5.63. The molecule has 4 N–H and O–H groups in total. The van der Waals surface area contributed by atoms with Gasteiger partial charge in [-0.15, -0.1) is 0 Å². The molecule has 0 saturated heterocycles. The summed E-state index contributed by atoms with van der Waals surface area (Å²) < 4.78 is 19.2. The minimum absolute atomic E-state index is 0.111. The van der Waals surface area contributed by atoms with Gasteiger partial charge < -0.3 is 44.3 Å². The van der Waals surface area contributed by atoms with Gasteiger partial charge in [0.15, 0.2) is 0 Å². The molecule has 0 aliphatic carbocycles. The molecule has 0 radical (unpaired) electrons. The Balaban J connectivity index is 0.000000494. The number of carbonyl (C=O) groups excluding carboxylic acids is 4. The molecule has 17 heteroatoms. The molecule has 0 atom stereocenters. The SMILES string of the molecule is C=C(C)C(=O)OCCOC(=O)c1ccc(C(=O)O)c(C(=O)O)c1.C=C(C)C(=O)OCCOC(=O)c1ccc(N(CC(=O)O)CC(=O)O)cc1. The molecule has 0 aromatic heterocycles. The summed E-state index contributed by atoms with van der Waals surface area (Å²) in [4.78, 5) is 90.6. The second-order valence-corrected chi connectivity index (χ2v) is 9.67. The molecule has 17 nitrogen and oxygen atoms in total.